The number of para-hydroxylation sites is 2. The van der Waals surface area contributed by atoms with Crippen molar-refractivity contribution in [1.29, 1.82) is 0 Å². The summed E-state index contributed by atoms with van der Waals surface area (Å²) in [6, 6.07) is 32.1. The molecule has 0 radical (unpaired) electrons. The van der Waals surface area contributed by atoms with Gasteiger partial charge in [0.25, 0.3) is 0 Å². The number of anilines is 2. The van der Waals surface area contributed by atoms with Crippen LogP contribution >= 0.6 is 0 Å². The van der Waals surface area contributed by atoms with Crippen LogP contribution in [0.4, 0.5) is 11.4 Å². The molecule has 2 aliphatic heterocycles. The lowest BCUT2D eigenvalue weighted by Gasteiger charge is -2.54. The monoisotopic (exact) mass is 482 g/mol. The van der Waals surface area contributed by atoms with Gasteiger partial charge in [0.1, 0.15) is 5.41 Å². The Hall–Kier alpha value is -4.51. The Bertz CT molecular complexity index is 1590. The SMILES string of the molecule is O=C1c2ccccc2C2C1C1(C(=O)Nc3ccccc31)C1C(=O)c3ccccc3C1N2c1ccccc1. The van der Waals surface area contributed by atoms with Crippen molar-refractivity contribution in [3.05, 3.63) is 131 Å². The molecule has 1 spiro atoms. The van der Waals surface area contributed by atoms with E-state index in [-0.39, 0.29) is 17.5 Å². The Kier molecular flexibility index (Phi) is 3.93. The van der Waals surface area contributed by atoms with Gasteiger partial charge < -0.3 is 10.2 Å². The highest BCUT2D eigenvalue weighted by atomic mass is 16.2. The normalized spacial score (nSPS) is 28.4. The van der Waals surface area contributed by atoms with Crippen LogP contribution in [0.1, 0.15) is 49.5 Å². The third-order valence-corrected chi connectivity index (χ3v) is 8.92. The van der Waals surface area contributed by atoms with Crippen molar-refractivity contribution in [2.45, 2.75) is 17.5 Å². The molecule has 4 unspecified atom stereocenters. The minimum Gasteiger partial charge on any atom is -0.356 e. The van der Waals surface area contributed by atoms with E-state index in [2.05, 4.69) is 10.2 Å². The maximum atomic E-state index is 14.4. The van der Waals surface area contributed by atoms with Crippen LogP contribution < -0.4 is 10.2 Å². The molecule has 0 saturated carbocycles. The number of carbonyl (C=O) groups excluding carboxylic acids is 3. The van der Waals surface area contributed by atoms with E-state index in [1.807, 2.05) is 103 Å². The van der Waals surface area contributed by atoms with E-state index in [1.165, 1.54) is 0 Å². The summed E-state index contributed by atoms with van der Waals surface area (Å²) in [7, 11) is 0. The van der Waals surface area contributed by atoms with E-state index < -0.39 is 29.3 Å². The number of carbonyl (C=O) groups is 3. The van der Waals surface area contributed by atoms with Crippen LogP contribution in [-0.4, -0.2) is 17.5 Å². The van der Waals surface area contributed by atoms with Gasteiger partial charge in [-0.2, -0.15) is 0 Å². The topological polar surface area (TPSA) is 66.5 Å². The first-order chi connectivity index (χ1) is 18.1. The molecule has 1 saturated heterocycles. The van der Waals surface area contributed by atoms with Gasteiger partial charge in [-0.25, -0.2) is 0 Å². The molecule has 4 atom stereocenters. The number of rotatable bonds is 1. The van der Waals surface area contributed by atoms with Crippen molar-refractivity contribution in [2.75, 3.05) is 10.2 Å². The highest BCUT2D eigenvalue weighted by Crippen LogP contribution is 2.67. The van der Waals surface area contributed by atoms with Crippen LogP contribution in [0.3, 0.4) is 0 Å². The molecular weight excluding hydrogens is 460 g/mol. The maximum absolute atomic E-state index is 14.4. The Labute approximate surface area is 213 Å². The molecule has 37 heavy (non-hydrogen) atoms. The Balaban J connectivity index is 1.52. The summed E-state index contributed by atoms with van der Waals surface area (Å²) >= 11 is 0. The summed E-state index contributed by atoms with van der Waals surface area (Å²) in [5.74, 6) is -1.89. The highest BCUT2D eigenvalue weighted by Gasteiger charge is 2.73. The van der Waals surface area contributed by atoms with Crippen molar-refractivity contribution >= 4 is 28.8 Å². The van der Waals surface area contributed by atoms with Crippen LogP contribution in [-0.2, 0) is 10.2 Å². The molecule has 2 aliphatic carbocycles. The zero-order valence-corrected chi connectivity index (χ0v) is 19.8. The third kappa shape index (κ3) is 2.33. The van der Waals surface area contributed by atoms with Crippen LogP contribution in [0.5, 0.6) is 0 Å². The lowest BCUT2D eigenvalue weighted by Crippen LogP contribution is -2.62. The van der Waals surface area contributed by atoms with E-state index >= 15 is 0 Å². The fourth-order valence-electron chi connectivity index (χ4n) is 7.68. The van der Waals surface area contributed by atoms with Crippen LogP contribution in [0.25, 0.3) is 0 Å². The first-order valence-corrected chi connectivity index (χ1v) is 12.6. The van der Waals surface area contributed by atoms with E-state index in [4.69, 9.17) is 0 Å². The Morgan fingerprint density at radius 3 is 1.73 bits per heavy atom. The molecule has 2 heterocycles. The molecule has 0 aromatic heterocycles. The van der Waals surface area contributed by atoms with Crippen LogP contribution in [0.2, 0.25) is 0 Å². The summed E-state index contributed by atoms with van der Waals surface area (Å²) in [4.78, 5) is 45.3. The quantitative estimate of drug-likeness (QED) is 0.389. The number of amides is 1. The zero-order valence-electron chi connectivity index (χ0n) is 19.8. The van der Waals surface area contributed by atoms with Crippen molar-refractivity contribution in [2.24, 2.45) is 11.8 Å². The summed E-state index contributed by atoms with van der Waals surface area (Å²) in [5.41, 5.74) is 4.14. The number of fused-ring (bicyclic) bond motifs is 10. The number of piperidine rings is 1. The molecule has 4 aromatic carbocycles. The van der Waals surface area contributed by atoms with E-state index in [0.717, 1.165) is 22.4 Å². The summed E-state index contributed by atoms with van der Waals surface area (Å²) in [6.07, 6.45) is 0. The molecule has 4 aromatic rings. The predicted octanol–water partition coefficient (Wildman–Crippen LogP) is 5.50. The molecule has 5 nitrogen and oxygen atoms in total. The van der Waals surface area contributed by atoms with E-state index in [0.29, 0.717) is 16.8 Å². The second-order valence-corrected chi connectivity index (χ2v) is 10.4. The number of nitrogens with one attached hydrogen (secondary N) is 1. The lowest BCUT2D eigenvalue weighted by atomic mass is 9.55. The number of hydrogen-bond acceptors (Lipinski definition) is 4. The molecular formula is C32H22N2O3. The fourth-order valence-corrected chi connectivity index (χ4v) is 7.68. The Morgan fingerprint density at radius 2 is 1.11 bits per heavy atom. The maximum Gasteiger partial charge on any atom is 0.236 e. The fraction of sp³-hybridized carbons (Fsp3) is 0.156. The second kappa shape index (κ2) is 7.04. The van der Waals surface area contributed by atoms with Crippen molar-refractivity contribution in [3.8, 4) is 0 Å². The highest BCUT2D eigenvalue weighted by molar-refractivity contribution is 6.19. The molecule has 1 amide bonds. The van der Waals surface area contributed by atoms with Crippen molar-refractivity contribution < 1.29 is 14.4 Å². The van der Waals surface area contributed by atoms with Gasteiger partial charge in [0.2, 0.25) is 5.91 Å². The lowest BCUT2D eigenvalue weighted by molar-refractivity contribution is -0.125. The number of ketones is 2. The Morgan fingerprint density at radius 1 is 0.595 bits per heavy atom. The van der Waals surface area contributed by atoms with Crippen molar-refractivity contribution in [3.63, 3.8) is 0 Å². The molecule has 8 rings (SSSR count). The van der Waals surface area contributed by atoms with Crippen LogP contribution in [0, 0.1) is 11.8 Å². The smallest absolute Gasteiger partial charge is 0.236 e. The molecule has 0 bridgehead atoms. The molecule has 4 aliphatic rings. The van der Waals surface area contributed by atoms with E-state index in [9.17, 15) is 14.4 Å². The average Bonchev–Trinajstić information content (AvgIpc) is 3.52. The predicted molar refractivity (Wildman–Crippen MR) is 140 cm³/mol. The van der Waals surface area contributed by atoms with Gasteiger partial charge in [-0.05, 0) is 34.9 Å². The van der Waals surface area contributed by atoms with Gasteiger partial charge in [0.05, 0.1) is 23.9 Å². The van der Waals surface area contributed by atoms with Gasteiger partial charge in [0, 0.05) is 22.5 Å². The molecule has 1 fully saturated rings. The van der Waals surface area contributed by atoms with Gasteiger partial charge in [-0.15, -0.1) is 0 Å². The summed E-state index contributed by atoms with van der Waals surface area (Å²) in [6.45, 7) is 0. The van der Waals surface area contributed by atoms with Gasteiger partial charge in [-0.1, -0.05) is 84.9 Å². The van der Waals surface area contributed by atoms with Crippen molar-refractivity contribution in [1.82, 2.24) is 0 Å². The van der Waals surface area contributed by atoms with Gasteiger partial charge in [0.15, 0.2) is 11.6 Å². The minimum atomic E-state index is -1.32. The molecule has 5 heteroatoms. The summed E-state index contributed by atoms with van der Waals surface area (Å²) in [5, 5.41) is 3.07. The summed E-state index contributed by atoms with van der Waals surface area (Å²) < 4.78 is 0. The number of nitrogens with zero attached hydrogens (tertiary/aromatic N) is 1. The minimum absolute atomic E-state index is 0.0735. The molecule has 1 N–H and O–H groups in total. The third-order valence-electron chi connectivity index (χ3n) is 8.92. The van der Waals surface area contributed by atoms with Gasteiger partial charge >= 0.3 is 0 Å². The number of Topliss-reactive ketones (excluding diaryl/α,β-unsaturated/α-hetero) is 2. The first kappa shape index (κ1) is 20.7. The zero-order chi connectivity index (χ0) is 24.9. The van der Waals surface area contributed by atoms with Gasteiger partial charge in [-0.3, -0.25) is 14.4 Å². The average molecular weight is 483 g/mol. The number of benzene rings is 4. The first-order valence-electron chi connectivity index (χ1n) is 12.6. The standard InChI is InChI=1S/C32H22N2O3/c35-29-21-14-6-4-12-19(21)27-25(29)32(23-16-8-9-17-24(23)33-31(32)37)26-28(34(27)18-10-2-1-3-11-18)20-13-5-7-15-22(20)30(26)36/h1-17,25-28H,(H,33,37). The van der Waals surface area contributed by atoms with Crippen LogP contribution in [0.15, 0.2) is 103 Å². The number of hydrogen-bond donors (Lipinski definition) is 1. The molecule has 178 valence electrons. The largest absolute Gasteiger partial charge is 0.356 e. The second-order valence-electron chi connectivity index (χ2n) is 10.4. The van der Waals surface area contributed by atoms with E-state index in [1.54, 1.807) is 0 Å².